The second-order valence-corrected chi connectivity index (χ2v) is 5.74. The summed E-state index contributed by atoms with van der Waals surface area (Å²) in [7, 11) is 0. The number of carbonyl (C=O) groups is 1. The molecule has 1 amide bonds. The van der Waals surface area contributed by atoms with Crippen LogP contribution in [0.2, 0.25) is 0 Å². The Morgan fingerprint density at radius 3 is 3.00 bits per heavy atom. The van der Waals surface area contributed by atoms with Gasteiger partial charge in [-0.3, -0.25) is 9.89 Å². The van der Waals surface area contributed by atoms with Crippen molar-refractivity contribution in [2.75, 3.05) is 6.54 Å². The monoisotopic (exact) mass is 250 g/mol. The van der Waals surface area contributed by atoms with Crippen LogP contribution < -0.4 is 10.6 Å². The topological polar surface area (TPSA) is 69.8 Å². The summed E-state index contributed by atoms with van der Waals surface area (Å²) in [6.45, 7) is 7.18. The Morgan fingerprint density at radius 1 is 1.61 bits per heavy atom. The van der Waals surface area contributed by atoms with E-state index in [4.69, 9.17) is 0 Å². The summed E-state index contributed by atoms with van der Waals surface area (Å²) in [6.07, 6.45) is 5.76. The summed E-state index contributed by atoms with van der Waals surface area (Å²) in [4.78, 5) is 12.3. The van der Waals surface area contributed by atoms with Crippen LogP contribution in [-0.4, -0.2) is 28.7 Å². The SMILES string of the molecule is CC(NC(=O)C1NCCCC1(C)C)c1cn[nH]c1. The van der Waals surface area contributed by atoms with Gasteiger partial charge in [-0.15, -0.1) is 0 Å². The van der Waals surface area contributed by atoms with Gasteiger partial charge in [0.05, 0.1) is 18.3 Å². The van der Waals surface area contributed by atoms with Crippen LogP contribution in [0.15, 0.2) is 12.4 Å². The lowest BCUT2D eigenvalue weighted by molar-refractivity contribution is -0.127. The van der Waals surface area contributed by atoms with Crippen molar-refractivity contribution in [1.29, 1.82) is 0 Å². The van der Waals surface area contributed by atoms with Gasteiger partial charge in [-0.25, -0.2) is 0 Å². The minimum Gasteiger partial charge on any atom is -0.348 e. The zero-order valence-electron chi connectivity index (χ0n) is 11.3. The van der Waals surface area contributed by atoms with Gasteiger partial charge in [-0.2, -0.15) is 5.10 Å². The zero-order chi connectivity index (χ0) is 13.2. The maximum Gasteiger partial charge on any atom is 0.238 e. The molecular weight excluding hydrogens is 228 g/mol. The average Bonchev–Trinajstić information content (AvgIpc) is 2.81. The quantitative estimate of drug-likeness (QED) is 0.758. The molecule has 2 rings (SSSR count). The molecule has 1 aliphatic rings. The van der Waals surface area contributed by atoms with Gasteiger partial charge in [0.1, 0.15) is 0 Å². The number of carbonyl (C=O) groups excluding carboxylic acids is 1. The second kappa shape index (κ2) is 5.10. The Balaban J connectivity index is 1.99. The number of hydrogen-bond donors (Lipinski definition) is 3. The summed E-state index contributed by atoms with van der Waals surface area (Å²) < 4.78 is 0. The fraction of sp³-hybridized carbons (Fsp3) is 0.692. The molecule has 0 aliphatic carbocycles. The van der Waals surface area contributed by atoms with Crippen LogP contribution in [0.1, 0.15) is 45.2 Å². The second-order valence-electron chi connectivity index (χ2n) is 5.74. The van der Waals surface area contributed by atoms with Crippen molar-refractivity contribution < 1.29 is 4.79 Å². The molecule has 0 aromatic carbocycles. The van der Waals surface area contributed by atoms with E-state index in [0.717, 1.165) is 24.9 Å². The molecular formula is C13H22N4O. The fourth-order valence-electron chi connectivity index (χ4n) is 2.54. The molecule has 1 saturated heterocycles. The number of amides is 1. The molecule has 5 nitrogen and oxygen atoms in total. The molecule has 0 spiro atoms. The minimum atomic E-state index is -0.111. The predicted octanol–water partition coefficient (Wildman–Crippen LogP) is 1.37. The highest BCUT2D eigenvalue weighted by atomic mass is 16.2. The van der Waals surface area contributed by atoms with Crippen molar-refractivity contribution in [2.45, 2.75) is 45.7 Å². The van der Waals surface area contributed by atoms with E-state index in [1.807, 2.05) is 13.1 Å². The van der Waals surface area contributed by atoms with Crippen molar-refractivity contribution >= 4 is 5.91 Å². The molecule has 0 radical (unpaired) electrons. The highest BCUT2D eigenvalue weighted by Crippen LogP contribution is 2.30. The Hall–Kier alpha value is -1.36. The molecule has 1 aromatic rings. The first-order chi connectivity index (χ1) is 8.50. The summed E-state index contributed by atoms with van der Waals surface area (Å²) in [5.74, 6) is 0.0772. The van der Waals surface area contributed by atoms with Crippen molar-refractivity contribution in [2.24, 2.45) is 5.41 Å². The summed E-state index contributed by atoms with van der Waals surface area (Å²) in [5, 5.41) is 13.0. The van der Waals surface area contributed by atoms with Crippen LogP contribution in [0, 0.1) is 5.41 Å². The lowest BCUT2D eigenvalue weighted by Gasteiger charge is -2.38. The fourth-order valence-corrected chi connectivity index (χ4v) is 2.54. The standard InChI is InChI=1S/C13H22N4O/c1-9(10-7-15-16-8-10)17-12(18)11-13(2,3)5-4-6-14-11/h7-9,11,14H,4-6H2,1-3H3,(H,15,16)(H,17,18). The van der Waals surface area contributed by atoms with E-state index in [-0.39, 0.29) is 23.4 Å². The predicted molar refractivity (Wildman–Crippen MR) is 70.0 cm³/mol. The largest absolute Gasteiger partial charge is 0.348 e. The Bertz CT molecular complexity index is 399. The number of aromatic amines is 1. The molecule has 5 heteroatoms. The maximum absolute atomic E-state index is 12.3. The number of piperidine rings is 1. The summed E-state index contributed by atoms with van der Waals surface area (Å²) >= 11 is 0. The number of hydrogen-bond acceptors (Lipinski definition) is 3. The van der Waals surface area contributed by atoms with E-state index < -0.39 is 0 Å². The number of aromatic nitrogens is 2. The van der Waals surface area contributed by atoms with E-state index in [1.165, 1.54) is 0 Å². The molecule has 3 N–H and O–H groups in total. The van der Waals surface area contributed by atoms with Crippen LogP contribution in [-0.2, 0) is 4.79 Å². The molecule has 100 valence electrons. The minimum absolute atomic E-state index is 0.0124. The molecule has 1 aliphatic heterocycles. The first-order valence-corrected chi connectivity index (χ1v) is 6.53. The molecule has 0 saturated carbocycles. The summed E-state index contributed by atoms with van der Waals surface area (Å²) in [6, 6.07) is -0.128. The van der Waals surface area contributed by atoms with Gasteiger partial charge < -0.3 is 10.6 Å². The van der Waals surface area contributed by atoms with Gasteiger partial charge in [0.2, 0.25) is 5.91 Å². The van der Waals surface area contributed by atoms with E-state index in [1.54, 1.807) is 6.20 Å². The van der Waals surface area contributed by atoms with E-state index in [0.29, 0.717) is 0 Å². The Labute approximate surface area is 108 Å². The van der Waals surface area contributed by atoms with Crippen molar-refractivity contribution in [3.8, 4) is 0 Å². The zero-order valence-corrected chi connectivity index (χ0v) is 11.3. The van der Waals surface area contributed by atoms with Crippen LogP contribution in [0.4, 0.5) is 0 Å². The van der Waals surface area contributed by atoms with Crippen LogP contribution in [0.25, 0.3) is 0 Å². The molecule has 18 heavy (non-hydrogen) atoms. The Morgan fingerprint density at radius 2 is 2.39 bits per heavy atom. The van der Waals surface area contributed by atoms with Crippen LogP contribution in [0.3, 0.4) is 0 Å². The normalized spacial score (nSPS) is 24.5. The van der Waals surface area contributed by atoms with Gasteiger partial charge >= 0.3 is 0 Å². The Kier molecular flexibility index (Phi) is 3.71. The first kappa shape index (κ1) is 13.1. The average molecular weight is 250 g/mol. The van der Waals surface area contributed by atoms with Gasteiger partial charge in [0.15, 0.2) is 0 Å². The van der Waals surface area contributed by atoms with E-state index in [2.05, 4.69) is 34.7 Å². The smallest absolute Gasteiger partial charge is 0.238 e. The number of nitrogens with zero attached hydrogens (tertiary/aromatic N) is 1. The number of rotatable bonds is 3. The van der Waals surface area contributed by atoms with Gasteiger partial charge in [-0.05, 0) is 31.7 Å². The lowest BCUT2D eigenvalue weighted by atomic mass is 9.77. The van der Waals surface area contributed by atoms with Crippen LogP contribution in [0.5, 0.6) is 0 Å². The third-order valence-corrected chi connectivity index (χ3v) is 3.77. The van der Waals surface area contributed by atoms with E-state index in [9.17, 15) is 4.79 Å². The molecule has 2 unspecified atom stereocenters. The van der Waals surface area contributed by atoms with Crippen LogP contribution >= 0.6 is 0 Å². The van der Waals surface area contributed by atoms with Gasteiger partial charge in [0.25, 0.3) is 0 Å². The third-order valence-electron chi connectivity index (χ3n) is 3.77. The van der Waals surface area contributed by atoms with E-state index >= 15 is 0 Å². The van der Waals surface area contributed by atoms with Gasteiger partial charge in [-0.1, -0.05) is 13.8 Å². The van der Waals surface area contributed by atoms with Crippen molar-refractivity contribution in [1.82, 2.24) is 20.8 Å². The molecule has 2 atom stereocenters. The molecule has 2 heterocycles. The first-order valence-electron chi connectivity index (χ1n) is 6.53. The number of nitrogens with one attached hydrogen (secondary N) is 3. The summed E-state index contributed by atoms with van der Waals surface area (Å²) in [5.41, 5.74) is 1.01. The van der Waals surface area contributed by atoms with Gasteiger partial charge in [0, 0.05) is 11.8 Å². The third kappa shape index (κ3) is 2.72. The molecule has 0 bridgehead atoms. The van der Waals surface area contributed by atoms with Crippen molar-refractivity contribution in [3.63, 3.8) is 0 Å². The highest BCUT2D eigenvalue weighted by molar-refractivity contribution is 5.83. The lowest BCUT2D eigenvalue weighted by Crippen LogP contribution is -2.55. The highest BCUT2D eigenvalue weighted by Gasteiger charge is 2.37. The number of H-pyrrole nitrogens is 1. The van der Waals surface area contributed by atoms with Crippen molar-refractivity contribution in [3.05, 3.63) is 18.0 Å². The maximum atomic E-state index is 12.3. The molecule has 1 fully saturated rings. The molecule has 1 aromatic heterocycles.